The van der Waals surface area contributed by atoms with Crippen LogP contribution >= 0.6 is 0 Å². The molecule has 1 aliphatic rings. The van der Waals surface area contributed by atoms with Gasteiger partial charge >= 0.3 is 0 Å². The third kappa shape index (κ3) is 4.89. The van der Waals surface area contributed by atoms with Crippen molar-refractivity contribution in [1.29, 1.82) is 0 Å². The number of carbonyl (C=O) groups excluding carboxylic acids is 2. The normalized spacial score (nSPS) is 16.4. The van der Waals surface area contributed by atoms with E-state index in [9.17, 15) is 14.7 Å². The largest absolute Gasteiger partial charge is 0.506 e. The Morgan fingerprint density at radius 2 is 1.79 bits per heavy atom. The lowest BCUT2D eigenvalue weighted by Gasteiger charge is -2.34. The number of hydrogen-bond donors (Lipinski definition) is 3. The van der Waals surface area contributed by atoms with Gasteiger partial charge in [-0.25, -0.2) is 0 Å². The first-order valence-corrected chi connectivity index (χ1v) is 9.64. The molecule has 2 aromatic rings. The predicted octanol–water partition coefficient (Wildman–Crippen LogP) is 3.38. The summed E-state index contributed by atoms with van der Waals surface area (Å²) in [4.78, 5) is 27.1. The van der Waals surface area contributed by atoms with E-state index in [1.165, 1.54) is 0 Å². The minimum Gasteiger partial charge on any atom is -0.506 e. The Morgan fingerprint density at radius 3 is 2.46 bits per heavy atom. The van der Waals surface area contributed by atoms with Crippen LogP contribution < -0.4 is 10.6 Å². The molecule has 1 fully saturated rings. The Kier molecular flexibility index (Phi) is 6.31. The van der Waals surface area contributed by atoms with Gasteiger partial charge in [0.15, 0.2) is 0 Å². The summed E-state index contributed by atoms with van der Waals surface area (Å²) in [7, 11) is 0. The van der Waals surface area contributed by atoms with Crippen molar-refractivity contribution in [3.8, 4) is 5.75 Å². The fourth-order valence-electron chi connectivity index (χ4n) is 3.50. The molecule has 3 rings (SSSR count). The highest BCUT2D eigenvalue weighted by molar-refractivity contribution is 5.95. The number of rotatable bonds is 5. The Morgan fingerprint density at radius 1 is 1.07 bits per heavy atom. The smallest absolute Gasteiger partial charge is 0.241 e. The molecule has 6 nitrogen and oxygen atoms in total. The van der Waals surface area contributed by atoms with Crippen molar-refractivity contribution in [3.05, 3.63) is 54.1 Å². The first kappa shape index (κ1) is 19.9. The number of nitrogens with zero attached hydrogens (tertiary/aromatic N) is 1. The van der Waals surface area contributed by atoms with Gasteiger partial charge in [0.25, 0.3) is 0 Å². The molecule has 0 spiro atoms. The third-order valence-corrected chi connectivity index (χ3v) is 5.28. The van der Waals surface area contributed by atoms with Gasteiger partial charge in [-0.2, -0.15) is 0 Å². The topological polar surface area (TPSA) is 81.7 Å². The number of aromatic hydroxyl groups is 1. The summed E-state index contributed by atoms with van der Waals surface area (Å²) in [6, 6.07) is 14.2. The van der Waals surface area contributed by atoms with Gasteiger partial charge in [0.1, 0.15) is 5.75 Å². The summed E-state index contributed by atoms with van der Waals surface area (Å²) in [5, 5.41) is 15.6. The van der Waals surface area contributed by atoms with Crippen LogP contribution in [0.25, 0.3) is 0 Å². The van der Waals surface area contributed by atoms with Crippen molar-refractivity contribution in [2.24, 2.45) is 5.92 Å². The molecular weight excluding hydrogens is 354 g/mol. The van der Waals surface area contributed by atoms with E-state index in [2.05, 4.69) is 15.5 Å². The van der Waals surface area contributed by atoms with Gasteiger partial charge in [0.2, 0.25) is 11.8 Å². The second-order valence-corrected chi connectivity index (χ2v) is 7.35. The van der Waals surface area contributed by atoms with Gasteiger partial charge in [-0.1, -0.05) is 24.3 Å². The number of phenols is 1. The van der Waals surface area contributed by atoms with Gasteiger partial charge in [-0.15, -0.1) is 0 Å². The first-order chi connectivity index (χ1) is 13.4. The maximum atomic E-state index is 12.6. The highest BCUT2D eigenvalue weighted by Gasteiger charge is 2.30. The van der Waals surface area contributed by atoms with Crippen molar-refractivity contribution in [3.63, 3.8) is 0 Å². The molecule has 6 heteroatoms. The molecule has 0 saturated carbocycles. The fourth-order valence-corrected chi connectivity index (χ4v) is 3.50. The minimum atomic E-state index is -0.261. The van der Waals surface area contributed by atoms with E-state index < -0.39 is 0 Å². The fraction of sp³-hybridized carbons (Fsp3) is 0.364. The number of carbonyl (C=O) groups is 2. The average molecular weight is 381 g/mol. The van der Waals surface area contributed by atoms with Crippen LogP contribution in [0.1, 0.15) is 25.3 Å². The molecule has 28 heavy (non-hydrogen) atoms. The van der Waals surface area contributed by atoms with Crippen LogP contribution in [-0.2, 0) is 9.59 Å². The highest BCUT2D eigenvalue weighted by Crippen LogP contribution is 2.25. The van der Waals surface area contributed by atoms with Crippen molar-refractivity contribution in [2.45, 2.75) is 32.7 Å². The Labute approximate surface area is 165 Å². The van der Waals surface area contributed by atoms with Crippen molar-refractivity contribution >= 4 is 23.2 Å². The molecule has 1 aliphatic heterocycles. The van der Waals surface area contributed by atoms with Gasteiger partial charge in [0.05, 0.1) is 11.7 Å². The molecule has 0 aromatic heterocycles. The lowest BCUT2D eigenvalue weighted by Crippen LogP contribution is -2.47. The molecular formula is C22H27N3O3. The van der Waals surface area contributed by atoms with Crippen molar-refractivity contribution < 1.29 is 14.7 Å². The molecule has 3 N–H and O–H groups in total. The standard InChI is InChI=1S/C22H27N3O3/c1-15-6-5-7-18(14-15)23-21(27)16(2)25-12-10-17(11-13-25)22(28)24-19-8-3-4-9-20(19)26/h3-9,14,16-17,26H,10-13H2,1-2H3,(H,23,27)(H,24,28)/t16-/m0/s1. The second kappa shape index (κ2) is 8.89. The van der Waals surface area contributed by atoms with Gasteiger partial charge in [-0.3, -0.25) is 14.5 Å². The van der Waals surface area contributed by atoms with Crippen LogP contribution in [0.3, 0.4) is 0 Å². The second-order valence-electron chi connectivity index (χ2n) is 7.35. The summed E-state index contributed by atoms with van der Waals surface area (Å²) in [5.74, 6) is -0.182. The molecule has 0 bridgehead atoms. The Hall–Kier alpha value is -2.86. The molecule has 2 amide bonds. The van der Waals surface area contributed by atoms with Crippen molar-refractivity contribution in [2.75, 3.05) is 23.7 Å². The number of anilines is 2. The summed E-state index contributed by atoms with van der Waals surface area (Å²) < 4.78 is 0. The van der Waals surface area contributed by atoms with Crippen LogP contribution in [-0.4, -0.2) is 41.0 Å². The lowest BCUT2D eigenvalue weighted by atomic mass is 9.94. The zero-order valence-corrected chi connectivity index (χ0v) is 16.3. The SMILES string of the molecule is Cc1cccc(NC(=O)[C@H](C)N2CCC(C(=O)Nc3ccccc3O)CC2)c1. The van der Waals surface area contributed by atoms with E-state index in [0.29, 0.717) is 31.6 Å². The predicted molar refractivity (Wildman–Crippen MR) is 110 cm³/mol. The number of piperidine rings is 1. The molecule has 2 aromatic carbocycles. The summed E-state index contributed by atoms with van der Waals surface area (Å²) >= 11 is 0. The number of aryl methyl sites for hydroxylation is 1. The van der Waals surface area contributed by atoms with Crippen LogP contribution in [0.4, 0.5) is 11.4 Å². The van der Waals surface area contributed by atoms with E-state index in [1.54, 1.807) is 24.3 Å². The Balaban J connectivity index is 1.50. The van der Waals surface area contributed by atoms with Gasteiger partial charge in [-0.05, 0) is 69.6 Å². The molecule has 1 atom stereocenters. The summed E-state index contributed by atoms with van der Waals surface area (Å²) in [6.07, 6.45) is 1.36. The number of phenolic OH excluding ortho intramolecular Hbond substituents is 1. The van der Waals surface area contributed by atoms with Crippen LogP contribution in [0.5, 0.6) is 5.75 Å². The minimum absolute atomic E-state index is 0.0392. The van der Waals surface area contributed by atoms with E-state index >= 15 is 0 Å². The maximum Gasteiger partial charge on any atom is 0.241 e. The zero-order chi connectivity index (χ0) is 20.1. The summed E-state index contributed by atoms with van der Waals surface area (Å²) in [5.41, 5.74) is 2.33. The Bertz CT molecular complexity index is 844. The molecule has 1 heterocycles. The van der Waals surface area contributed by atoms with Crippen LogP contribution in [0.2, 0.25) is 0 Å². The molecule has 0 radical (unpaired) electrons. The highest BCUT2D eigenvalue weighted by atomic mass is 16.3. The quantitative estimate of drug-likeness (QED) is 0.694. The van der Waals surface area contributed by atoms with E-state index in [0.717, 1.165) is 11.3 Å². The van der Waals surface area contributed by atoms with Crippen LogP contribution in [0.15, 0.2) is 48.5 Å². The lowest BCUT2D eigenvalue weighted by molar-refractivity contribution is -0.123. The van der Waals surface area contributed by atoms with E-state index in [-0.39, 0.29) is 29.5 Å². The number of likely N-dealkylation sites (tertiary alicyclic amines) is 1. The number of benzene rings is 2. The molecule has 1 saturated heterocycles. The van der Waals surface area contributed by atoms with E-state index in [4.69, 9.17) is 0 Å². The number of hydrogen-bond acceptors (Lipinski definition) is 4. The molecule has 0 aliphatic carbocycles. The van der Waals surface area contributed by atoms with Crippen molar-refractivity contribution in [1.82, 2.24) is 4.90 Å². The average Bonchev–Trinajstić information content (AvgIpc) is 2.69. The van der Waals surface area contributed by atoms with Gasteiger partial charge < -0.3 is 15.7 Å². The monoisotopic (exact) mass is 381 g/mol. The molecule has 148 valence electrons. The zero-order valence-electron chi connectivity index (χ0n) is 16.3. The summed E-state index contributed by atoms with van der Waals surface area (Å²) in [6.45, 7) is 5.25. The third-order valence-electron chi connectivity index (χ3n) is 5.28. The number of para-hydroxylation sites is 2. The number of amides is 2. The number of nitrogens with one attached hydrogen (secondary N) is 2. The molecule has 0 unspecified atom stereocenters. The maximum absolute atomic E-state index is 12.6. The van der Waals surface area contributed by atoms with Crippen LogP contribution in [0, 0.1) is 12.8 Å². The van der Waals surface area contributed by atoms with Gasteiger partial charge in [0, 0.05) is 11.6 Å². The van der Waals surface area contributed by atoms with E-state index in [1.807, 2.05) is 38.1 Å². The first-order valence-electron chi connectivity index (χ1n) is 9.64.